The molecule has 1 N–H and O–H groups in total. The SMILES string of the molecule is O=C(OCc1ccccc1)N(CCCCCO)Cc1cc(Br)c2c(c1[N+](=O)[O-])OCO2. The minimum Gasteiger partial charge on any atom is -0.452 e. The number of amides is 1. The number of nitro groups is 1. The van der Waals surface area contributed by atoms with Crippen LogP contribution in [-0.4, -0.2) is 41.0 Å². The Hall–Kier alpha value is -2.85. The molecule has 3 rings (SSSR count). The standard InChI is InChI=1S/C21H23BrN2O7/c22-17-11-16(18(24(27)28)20-19(17)30-14-31-20)12-23(9-5-2-6-10-25)21(26)29-13-15-7-3-1-4-8-15/h1,3-4,7-8,11,25H,2,5-6,9-10,12-14H2. The van der Waals surface area contributed by atoms with Crippen LogP contribution in [0.15, 0.2) is 40.9 Å². The van der Waals surface area contributed by atoms with Gasteiger partial charge in [0.05, 0.1) is 21.5 Å². The second kappa shape index (κ2) is 11.0. The number of rotatable bonds is 10. The molecule has 0 saturated heterocycles. The first kappa shape index (κ1) is 22.8. The quantitative estimate of drug-likeness (QED) is 0.296. The second-order valence-corrected chi connectivity index (χ2v) is 7.79. The van der Waals surface area contributed by atoms with Crippen LogP contribution in [0.3, 0.4) is 0 Å². The van der Waals surface area contributed by atoms with Gasteiger partial charge in [0.15, 0.2) is 5.75 Å². The van der Waals surface area contributed by atoms with Gasteiger partial charge in [-0.05, 0) is 46.8 Å². The minimum atomic E-state index is -0.573. The van der Waals surface area contributed by atoms with Crippen LogP contribution in [0.4, 0.5) is 10.5 Å². The van der Waals surface area contributed by atoms with Crippen LogP contribution in [0.5, 0.6) is 11.5 Å². The average molecular weight is 495 g/mol. The fourth-order valence-corrected chi connectivity index (χ4v) is 3.80. The Balaban J connectivity index is 1.80. The van der Waals surface area contributed by atoms with Gasteiger partial charge in [0.25, 0.3) is 0 Å². The Morgan fingerprint density at radius 1 is 1.19 bits per heavy atom. The van der Waals surface area contributed by atoms with Crippen molar-refractivity contribution >= 4 is 27.7 Å². The molecule has 1 amide bonds. The van der Waals surface area contributed by atoms with Gasteiger partial charge in [-0.25, -0.2) is 4.79 Å². The molecule has 31 heavy (non-hydrogen) atoms. The van der Waals surface area contributed by atoms with Crippen LogP contribution in [0.1, 0.15) is 30.4 Å². The van der Waals surface area contributed by atoms with Crippen molar-refractivity contribution in [2.75, 3.05) is 19.9 Å². The molecule has 0 atom stereocenters. The maximum atomic E-state index is 12.8. The third-order valence-electron chi connectivity index (χ3n) is 4.74. The van der Waals surface area contributed by atoms with Crippen LogP contribution in [0.2, 0.25) is 0 Å². The molecule has 9 nitrogen and oxygen atoms in total. The normalized spacial score (nSPS) is 11.9. The van der Waals surface area contributed by atoms with Gasteiger partial charge in [0.1, 0.15) is 6.61 Å². The van der Waals surface area contributed by atoms with Crippen molar-refractivity contribution in [1.29, 1.82) is 0 Å². The highest BCUT2D eigenvalue weighted by Gasteiger charge is 2.33. The Morgan fingerprint density at radius 3 is 2.65 bits per heavy atom. The van der Waals surface area contributed by atoms with E-state index in [4.69, 9.17) is 19.3 Å². The highest BCUT2D eigenvalue weighted by molar-refractivity contribution is 9.10. The van der Waals surface area contributed by atoms with Crippen molar-refractivity contribution < 1.29 is 29.0 Å². The van der Waals surface area contributed by atoms with Crippen molar-refractivity contribution in [1.82, 2.24) is 4.90 Å². The summed E-state index contributed by atoms with van der Waals surface area (Å²) >= 11 is 3.35. The fourth-order valence-electron chi connectivity index (χ4n) is 3.23. The maximum Gasteiger partial charge on any atom is 0.410 e. The van der Waals surface area contributed by atoms with E-state index in [1.807, 2.05) is 30.3 Å². The zero-order valence-electron chi connectivity index (χ0n) is 16.8. The number of aliphatic hydroxyl groups is 1. The first-order valence-corrected chi connectivity index (χ1v) is 10.6. The van der Waals surface area contributed by atoms with Gasteiger partial charge in [-0.15, -0.1) is 0 Å². The number of hydrogen-bond acceptors (Lipinski definition) is 7. The molecule has 0 unspecified atom stereocenters. The molecular formula is C21H23BrN2O7. The number of ether oxygens (including phenoxy) is 3. The lowest BCUT2D eigenvalue weighted by atomic mass is 10.1. The average Bonchev–Trinajstić information content (AvgIpc) is 3.25. The van der Waals surface area contributed by atoms with Gasteiger partial charge < -0.3 is 24.2 Å². The highest BCUT2D eigenvalue weighted by Crippen LogP contribution is 2.48. The predicted octanol–water partition coefficient (Wildman–Crippen LogP) is 4.39. The maximum absolute atomic E-state index is 12.8. The molecule has 0 saturated carbocycles. The number of carbonyl (C=O) groups excluding carboxylic acids is 1. The topological polar surface area (TPSA) is 111 Å². The number of nitrogens with zero attached hydrogens (tertiary/aromatic N) is 2. The summed E-state index contributed by atoms with van der Waals surface area (Å²) in [5.74, 6) is 0.323. The summed E-state index contributed by atoms with van der Waals surface area (Å²) in [6.45, 7) is 0.357. The van der Waals surface area contributed by atoms with Crippen molar-refractivity contribution in [3.63, 3.8) is 0 Å². The molecule has 0 spiro atoms. The molecule has 0 aliphatic carbocycles. The minimum absolute atomic E-state index is 0.0295. The van der Waals surface area contributed by atoms with Crippen molar-refractivity contribution in [3.8, 4) is 11.5 Å². The van der Waals surface area contributed by atoms with E-state index in [0.29, 0.717) is 35.8 Å². The number of benzene rings is 2. The van der Waals surface area contributed by atoms with E-state index in [9.17, 15) is 14.9 Å². The number of fused-ring (bicyclic) bond motifs is 1. The summed E-state index contributed by atoms with van der Waals surface area (Å²) < 4.78 is 16.6. The van der Waals surface area contributed by atoms with Crippen LogP contribution in [0.25, 0.3) is 0 Å². The Bertz CT molecular complexity index is 924. The molecule has 2 aromatic rings. The fraction of sp³-hybridized carbons (Fsp3) is 0.381. The van der Waals surface area contributed by atoms with E-state index in [2.05, 4.69) is 15.9 Å². The summed E-state index contributed by atoms with van der Waals surface area (Å²) in [6.07, 6.45) is 1.38. The summed E-state index contributed by atoms with van der Waals surface area (Å²) in [5.41, 5.74) is 0.916. The summed E-state index contributed by atoms with van der Waals surface area (Å²) in [4.78, 5) is 25.4. The number of aliphatic hydroxyl groups excluding tert-OH is 1. The molecule has 0 bridgehead atoms. The predicted molar refractivity (Wildman–Crippen MR) is 115 cm³/mol. The lowest BCUT2D eigenvalue weighted by Gasteiger charge is -2.22. The molecule has 0 fully saturated rings. The summed E-state index contributed by atoms with van der Waals surface area (Å²) in [7, 11) is 0. The largest absolute Gasteiger partial charge is 0.452 e. The number of halogens is 1. The van der Waals surface area contributed by atoms with E-state index >= 15 is 0 Å². The Kier molecular flexibility index (Phi) is 8.07. The van der Waals surface area contributed by atoms with Gasteiger partial charge in [0.2, 0.25) is 12.5 Å². The smallest absolute Gasteiger partial charge is 0.410 e. The van der Waals surface area contributed by atoms with Crippen LogP contribution in [-0.2, 0) is 17.9 Å². The van der Waals surface area contributed by atoms with Crippen molar-refractivity contribution in [2.24, 2.45) is 0 Å². The number of carbonyl (C=O) groups is 1. The lowest BCUT2D eigenvalue weighted by Crippen LogP contribution is -2.32. The zero-order chi connectivity index (χ0) is 22.2. The second-order valence-electron chi connectivity index (χ2n) is 6.93. The number of nitro benzene ring substituents is 1. The molecule has 0 radical (unpaired) electrons. The van der Waals surface area contributed by atoms with Crippen LogP contribution in [0, 0.1) is 10.1 Å². The van der Waals surface area contributed by atoms with Crippen LogP contribution >= 0.6 is 15.9 Å². The first-order chi connectivity index (χ1) is 15.0. The van der Waals surface area contributed by atoms with Crippen molar-refractivity contribution in [3.05, 3.63) is 62.1 Å². The first-order valence-electron chi connectivity index (χ1n) is 9.83. The molecular weight excluding hydrogens is 472 g/mol. The zero-order valence-corrected chi connectivity index (χ0v) is 18.4. The van der Waals surface area contributed by atoms with Crippen molar-refractivity contribution in [2.45, 2.75) is 32.4 Å². The highest BCUT2D eigenvalue weighted by atomic mass is 79.9. The number of unbranched alkanes of at least 4 members (excludes halogenated alkanes) is 2. The molecule has 1 aliphatic rings. The Labute approximate surface area is 187 Å². The molecule has 166 valence electrons. The molecule has 1 heterocycles. The third-order valence-corrected chi connectivity index (χ3v) is 5.33. The molecule has 1 aliphatic heterocycles. The van der Waals surface area contributed by atoms with Crippen LogP contribution < -0.4 is 9.47 Å². The van der Waals surface area contributed by atoms with E-state index in [-0.39, 0.29) is 43.7 Å². The van der Waals surface area contributed by atoms with Gasteiger partial charge in [-0.3, -0.25) is 10.1 Å². The molecule has 10 heteroatoms. The van der Waals surface area contributed by atoms with Gasteiger partial charge in [0, 0.05) is 13.2 Å². The summed E-state index contributed by atoms with van der Waals surface area (Å²) in [5, 5.41) is 20.7. The van der Waals surface area contributed by atoms with Gasteiger partial charge >= 0.3 is 11.8 Å². The molecule has 2 aromatic carbocycles. The monoisotopic (exact) mass is 494 g/mol. The van der Waals surface area contributed by atoms with Gasteiger partial charge in [-0.2, -0.15) is 0 Å². The Morgan fingerprint density at radius 2 is 1.94 bits per heavy atom. The van der Waals surface area contributed by atoms with E-state index in [1.54, 1.807) is 6.07 Å². The van der Waals surface area contributed by atoms with E-state index in [1.165, 1.54) is 4.90 Å². The number of hydrogen-bond donors (Lipinski definition) is 1. The summed E-state index contributed by atoms with van der Waals surface area (Å²) in [6, 6.07) is 10.8. The molecule has 0 aromatic heterocycles. The lowest BCUT2D eigenvalue weighted by molar-refractivity contribution is -0.386. The third kappa shape index (κ3) is 5.86. The van der Waals surface area contributed by atoms with E-state index < -0.39 is 11.0 Å². The van der Waals surface area contributed by atoms with Gasteiger partial charge in [-0.1, -0.05) is 30.3 Å². The van der Waals surface area contributed by atoms with E-state index in [0.717, 1.165) is 5.56 Å².